The molecule has 0 aliphatic heterocycles. The number of anilines is 1. The van der Waals surface area contributed by atoms with Crippen molar-refractivity contribution in [3.63, 3.8) is 0 Å². The van der Waals surface area contributed by atoms with Crippen LogP contribution in [0.4, 0.5) is 19.0 Å². The van der Waals surface area contributed by atoms with Crippen molar-refractivity contribution in [3.05, 3.63) is 77.5 Å². The van der Waals surface area contributed by atoms with Crippen LogP contribution in [0, 0.1) is 0 Å². The van der Waals surface area contributed by atoms with Crippen LogP contribution in [0.2, 0.25) is 0 Å². The lowest BCUT2D eigenvalue weighted by Gasteiger charge is -2.13. The number of carboxylic acid groups (broad SMARTS) is 2. The summed E-state index contributed by atoms with van der Waals surface area (Å²) >= 11 is 0. The van der Waals surface area contributed by atoms with E-state index in [0.29, 0.717) is 13.1 Å². The number of hydrogen-bond acceptors (Lipinski definition) is 5. The van der Waals surface area contributed by atoms with Crippen LogP contribution in [0.25, 0.3) is 6.08 Å². The van der Waals surface area contributed by atoms with Crippen molar-refractivity contribution in [3.8, 4) is 0 Å². The number of alkyl halides is 3. The van der Waals surface area contributed by atoms with Crippen LogP contribution in [0.15, 0.2) is 66.4 Å². The minimum absolute atomic E-state index is 0.00217. The molecule has 0 fully saturated rings. The predicted octanol–water partition coefficient (Wildman–Crippen LogP) is 3.84. The molecule has 2 aromatic rings. The van der Waals surface area contributed by atoms with Crippen molar-refractivity contribution in [1.82, 2.24) is 10.3 Å². The van der Waals surface area contributed by atoms with Crippen LogP contribution in [0.5, 0.6) is 0 Å². The number of carbonyl (C=O) groups is 3. The molecule has 0 spiro atoms. The zero-order valence-electron chi connectivity index (χ0n) is 18.5. The third-order valence-electron chi connectivity index (χ3n) is 4.71. The maximum atomic E-state index is 12.3. The second kappa shape index (κ2) is 12.9. The maximum Gasteiger partial charge on any atom is 0.490 e. The lowest BCUT2D eigenvalue weighted by atomic mass is 9.91. The normalized spacial score (nSPS) is 14.4. The van der Waals surface area contributed by atoms with Gasteiger partial charge in [-0.2, -0.15) is 13.2 Å². The molecule has 1 unspecified atom stereocenters. The van der Waals surface area contributed by atoms with Gasteiger partial charge in [0.15, 0.2) is 0 Å². The Morgan fingerprint density at radius 2 is 1.66 bits per heavy atom. The first kappa shape index (κ1) is 27.1. The largest absolute Gasteiger partial charge is 0.490 e. The topological polar surface area (TPSA) is 129 Å². The van der Waals surface area contributed by atoms with Crippen LogP contribution in [-0.4, -0.2) is 52.3 Å². The van der Waals surface area contributed by atoms with Crippen molar-refractivity contribution in [2.75, 3.05) is 18.4 Å². The Morgan fingerprint density at radius 3 is 2.29 bits per heavy atom. The Morgan fingerprint density at radius 1 is 0.971 bits per heavy atom. The van der Waals surface area contributed by atoms with Gasteiger partial charge in [0.25, 0.3) is 0 Å². The maximum absolute atomic E-state index is 12.3. The standard InChI is InChI=1S/C22H23N3O3.C2HF3O2/c26-21(25-12-11-24-20-7-3-4-10-23-20)14-16-8-9-17-5-1-2-6-19(17)18(13-16)15-22(27)28;3-2(4,5)1(6)7/h1-10,13,18H,11-12,14-15H2,(H,23,24)(H,25,26)(H,27,28);(H,6,7). The van der Waals surface area contributed by atoms with E-state index >= 15 is 0 Å². The van der Waals surface area contributed by atoms with Crippen LogP contribution >= 0.6 is 0 Å². The molecule has 8 nitrogen and oxygen atoms in total. The first-order valence-electron chi connectivity index (χ1n) is 10.5. The van der Waals surface area contributed by atoms with Gasteiger partial charge >= 0.3 is 18.1 Å². The number of halogens is 3. The number of carbonyl (C=O) groups excluding carboxylic acids is 1. The van der Waals surface area contributed by atoms with Crippen LogP contribution in [0.1, 0.15) is 29.9 Å². The summed E-state index contributed by atoms with van der Waals surface area (Å²) in [6.45, 7) is 1.05. The highest BCUT2D eigenvalue weighted by atomic mass is 19.4. The van der Waals surface area contributed by atoms with Crippen LogP contribution in [0.3, 0.4) is 0 Å². The molecule has 1 aromatic heterocycles. The quantitative estimate of drug-likeness (QED) is 0.413. The highest BCUT2D eigenvalue weighted by molar-refractivity contribution is 5.80. The molecular formula is C24H24F3N3O5. The Hall–Kier alpha value is -4.15. The molecule has 1 atom stereocenters. The van der Waals surface area contributed by atoms with Crippen molar-refractivity contribution in [1.29, 1.82) is 0 Å². The third-order valence-corrected chi connectivity index (χ3v) is 4.71. The smallest absolute Gasteiger partial charge is 0.481 e. The molecule has 4 N–H and O–H groups in total. The lowest BCUT2D eigenvalue weighted by molar-refractivity contribution is -0.192. The number of amides is 1. The van der Waals surface area contributed by atoms with Gasteiger partial charge in [-0.3, -0.25) is 9.59 Å². The number of fused-ring (bicyclic) bond motifs is 1. The molecule has 1 aliphatic rings. The fraction of sp³-hybridized carbons (Fsp3) is 0.250. The molecule has 3 rings (SSSR count). The van der Waals surface area contributed by atoms with Crippen molar-refractivity contribution in [2.24, 2.45) is 0 Å². The average molecular weight is 491 g/mol. The molecule has 0 radical (unpaired) electrons. The van der Waals surface area contributed by atoms with Gasteiger partial charge in [-0.1, -0.05) is 48.6 Å². The lowest BCUT2D eigenvalue weighted by Crippen LogP contribution is -2.28. The number of benzene rings is 1. The average Bonchev–Trinajstić information content (AvgIpc) is 2.96. The monoisotopic (exact) mass is 491 g/mol. The molecule has 0 saturated heterocycles. The number of aliphatic carboxylic acids is 2. The van der Waals surface area contributed by atoms with Crippen molar-refractivity contribution >= 4 is 29.7 Å². The van der Waals surface area contributed by atoms with E-state index in [4.69, 9.17) is 9.90 Å². The summed E-state index contributed by atoms with van der Waals surface area (Å²) in [6, 6.07) is 13.3. The Bertz CT molecular complexity index is 1090. The number of nitrogens with one attached hydrogen (secondary N) is 2. The number of pyridine rings is 1. The Labute approximate surface area is 199 Å². The Balaban J connectivity index is 0.000000540. The van der Waals surface area contributed by atoms with Gasteiger partial charge in [0, 0.05) is 25.2 Å². The number of rotatable bonds is 8. The second-order valence-electron chi connectivity index (χ2n) is 7.38. The number of carboxylic acids is 2. The first-order chi connectivity index (χ1) is 16.6. The summed E-state index contributed by atoms with van der Waals surface area (Å²) in [7, 11) is 0. The predicted molar refractivity (Wildman–Crippen MR) is 123 cm³/mol. The highest BCUT2D eigenvalue weighted by Gasteiger charge is 2.38. The molecule has 1 amide bonds. The molecule has 35 heavy (non-hydrogen) atoms. The van der Waals surface area contributed by atoms with E-state index in [1.165, 1.54) is 0 Å². The highest BCUT2D eigenvalue weighted by Crippen LogP contribution is 2.31. The van der Waals surface area contributed by atoms with Gasteiger partial charge in [-0.15, -0.1) is 0 Å². The van der Waals surface area contributed by atoms with Gasteiger partial charge in [-0.25, -0.2) is 9.78 Å². The molecule has 1 aromatic carbocycles. The van der Waals surface area contributed by atoms with Crippen molar-refractivity contribution < 1.29 is 37.8 Å². The fourth-order valence-corrected chi connectivity index (χ4v) is 3.18. The molecule has 11 heteroatoms. The van der Waals surface area contributed by atoms with E-state index in [9.17, 15) is 27.9 Å². The number of aromatic nitrogens is 1. The minimum atomic E-state index is -5.08. The van der Waals surface area contributed by atoms with Gasteiger partial charge in [0.1, 0.15) is 5.82 Å². The van der Waals surface area contributed by atoms with E-state index in [1.54, 1.807) is 6.20 Å². The van der Waals surface area contributed by atoms with E-state index < -0.39 is 18.1 Å². The van der Waals surface area contributed by atoms with E-state index in [-0.39, 0.29) is 24.7 Å². The summed E-state index contributed by atoms with van der Waals surface area (Å²) in [6.07, 6.45) is 2.56. The summed E-state index contributed by atoms with van der Waals surface area (Å²) in [5, 5.41) is 22.4. The zero-order chi connectivity index (χ0) is 25.8. The van der Waals surface area contributed by atoms with Crippen LogP contribution in [-0.2, 0) is 14.4 Å². The number of hydrogen-bond donors (Lipinski definition) is 4. The third kappa shape index (κ3) is 9.70. The molecular weight excluding hydrogens is 467 g/mol. The molecule has 186 valence electrons. The summed E-state index contributed by atoms with van der Waals surface area (Å²) in [5.41, 5.74) is 2.77. The van der Waals surface area contributed by atoms with Gasteiger partial charge in [-0.05, 0) is 28.8 Å². The summed E-state index contributed by atoms with van der Waals surface area (Å²) < 4.78 is 31.7. The van der Waals surface area contributed by atoms with Gasteiger partial charge in [0.2, 0.25) is 5.91 Å². The Kier molecular flexibility index (Phi) is 10.0. The van der Waals surface area contributed by atoms with Gasteiger partial charge in [0.05, 0.1) is 12.8 Å². The first-order valence-corrected chi connectivity index (χ1v) is 10.5. The second-order valence-corrected chi connectivity index (χ2v) is 7.38. The minimum Gasteiger partial charge on any atom is -0.481 e. The molecule has 1 aliphatic carbocycles. The van der Waals surface area contributed by atoms with E-state index in [1.807, 2.05) is 60.7 Å². The van der Waals surface area contributed by atoms with E-state index in [2.05, 4.69) is 15.6 Å². The fourth-order valence-electron chi connectivity index (χ4n) is 3.18. The molecule has 0 saturated carbocycles. The number of allylic oxidation sites excluding steroid dienone is 2. The molecule has 0 bridgehead atoms. The number of nitrogens with zero attached hydrogens (tertiary/aromatic N) is 1. The summed E-state index contributed by atoms with van der Waals surface area (Å²) in [5.74, 6) is -3.20. The van der Waals surface area contributed by atoms with E-state index in [0.717, 1.165) is 22.5 Å². The zero-order valence-corrected chi connectivity index (χ0v) is 18.5. The van der Waals surface area contributed by atoms with Crippen molar-refractivity contribution in [2.45, 2.75) is 24.9 Å². The van der Waals surface area contributed by atoms with Gasteiger partial charge < -0.3 is 20.8 Å². The van der Waals surface area contributed by atoms with Crippen LogP contribution < -0.4 is 10.6 Å². The SMILES string of the molecule is O=C(O)C(F)(F)F.O=C(O)CC1C=C(CC(=O)NCCNc2ccccn2)C=Cc2ccccc21. The molecule has 1 heterocycles. The summed E-state index contributed by atoms with van der Waals surface area (Å²) in [4.78, 5) is 36.6.